The van der Waals surface area contributed by atoms with Crippen molar-refractivity contribution in [3.8, 4) is 5.88 Å². The first-order valence-electron chi connectivity index (χ1n) is 4.73. The van der Waals surface area contributed by atoms with Gasteiger partial charge in [0.1, 0.15) is 6.21 Å². The van der Waals surface area contributed by atoms with Crippen LogP contribution >= 0.6 is 0 Å². The van der Waals surface area contributed by atoms with E-state index >= 15 is 0 Å². The molecule has 0 aromatic carbocycles. The normalized spacial score (nSPS) is 11.7. The van der Waals surface area contributed by atoms with E-state index in [1.807, 2.05) is 0 Å². The molecule has 1 heterocycles. The number of allylic oxidation sites excluding steroid dienone is 1. The van der Waals surface area contributed by atoms with Gasteiger partial charge in [0.2, 0.25) is 5.88 Å². The first-order valence-corrected chi connectivity index (χ1v) is 4.73. The van der Waals surface area contributed by atoms with Crippen molar-refractivity contribution in [2.45, 2.75) is 6.54 Å². The average Bonchev–Trinajstić information content (AvgIpc) is 2.34. The fraction of sp³-hybridized carbons (Fsp3) is 0.200. The SMILES string of the molecule is COc1ncccc1CN=C/C(=C\N)[N+](=O)[O-]. The number of hydrogen-bond acceptors (Lipinski definition) is 6. The molecule has 0 bridgehead atoms. The molecule has 0 aliphatic carbocycles. The average molecular weight is 236 g/mol. The Hall–Kier alpha value is -2.44. The Kier molecular flexibility index (Phi) is 4.61. The van der Waals surface area contributed by atoms with Gasteiger partial charge in [0.25, 0.3) is 0 Å². The van der Waals surface area contributed by atoms with Crippen LogP contribution in [0.3, 0.4) is 0 Å². The number of nitro groups is 1. The highest BCUT2D eigenvalue weighted by atomic mass is 16.6. The number of nitrogens with two attached hydrogens (primary N) is 1. The van der Waals surface area contributed by atoms with E-state index in [-0.39, 0.29) is 12.2 Å². The Labute approximate surface area is 97.8 Å². The number of hydrogen-bond donors (Lipinski definition) is 1. The lowest BCUT2D eigenvalue weighted by atomic mass is 10.3. The number of methoxy groups -OCH3 is 1. The molecular weight excluding hydrogens is 224 g/mol. The number of nitrogens with zero attached hydrogens (tertiary/aromatic N) is 3. The monoisotopic (exact) mass is 236 g/mol. The van der Waals surface area contributed by atoms with Gasteiger partial charge in [0.15, 0.2) is 0 Å². The summed E-state index contributed by atoms with van der Waals surface area (Å²) in [5.41, 5.74) is 5.56. The van der Waals surface area contributed by atoms with Gasteiger partial charge in [-0.1, -0.05) is 6.07 Å². The molecule has 0 aliphatic heterocycles. The summed E-state index contributed by atoms with van der Waals surface area (Å²) in [7, 11) is 1.50. The molecule has 0 amide bonds. The van der Waals surface area contributed by atoms with Gasteiger partial charge in [-0.25, -0.2) is 4.98 Å². The molecule has 0 aliphatic rings. The Morgan fingerprint density at radius 2 is 2.53 bits per heavy atom. The van der Waals surface area contributed by atoms with Gasteiger partial charge in [-0.3, -0.25) is 15.1 Å². The number of ether oxygens (including phenoxy) is 1. The molecule has 17 heavy (non-hydrogen) atoms. The molecule has 0 saturated carbocycles. The van der Waals surface area contributed by atoms with Crippen molar-refractivity contribution in [2.75, 3.05) is 7.11 Å². The minimum absolute atomic E-state index is 0.238. The maximum atomic E-state index is 10.4. The van der Waals surface area contributed by atoms with Crippen molar-refractivity contribution in [3.05, 3.63) is 45.9 Å². The van der Waals surface area contributed by atoms with Crippen LogP contribution in [0.25, 0.3) is 0 Å². The molecule has 7 nitrogen and oxygen atoms in total. The Bertz CT molecular complexity index is 457. The molecule has 0 saturated heterocycles. The minimum atomic E-state index is -0.607. The van der Waals surface area contributed by atoms with E-state index in [1.165, 1.54) is 7.11 Å². The van der Waals surface area contributed by atoms with E-state index in [0.717, 1.165) is 18.0 Å². The zero-order valence-corrected chi connectivity index (χ0v) is 9.24. The van der Waals surface area contributed by atoms with Crippen molar-refractivity contribution in [1.82, 2.24) is 4.98 Å². The van der Waals surface area contributed by atoms with Crippen LogP contribution in [0, 0.1) is 10.1 Å². The van der Waals surface area contributed by atoms with Gasteiger partial charge in [0, 0.05) is 11.8 Å². The maximum absolute atomic E-state index is 10.4. The molecule has 1 rings (SSSR count). The Morgan fingerprint density at radius 1 is 1.76 bits per heavy atom. The molecule has 0 spiro atoms. The van der Waals surface area contributed by atoms with E-state index < -0.39 is 4.92 Å². The second kappa shape index (κ2) is 6.21. The van der Waals surface area contributed by atoms with Gasteiger partial charge in [0.05, 0.1) is 24.8 Å². The zero-order valence-electron chi connectivity index (χ0n) is 9.24. The van der Waals surface area contributed by atoms with Crippen molar-refractivity contribution in [3.63, 3.8) is 0 Å². The van der Waals surface area contributed by atoms with Crippen molar-refractivity contribution in [1.29, 1.82) is 0 Å². The fourth-order valence-electron chi connectivity index (χ4n) is 1.12. The summed E-state index contributed by atoms with van der Waals surface area (Å²) < 4.78 is 5.02. The summed E-state index contributed by atoms with van der Waals surface area (Å²) in [5, 5.41) is 10.4. The quantitative estimate of drug-likeness (QED) is 0.461. The summed E-state index contributed by atoms with van der Waals surface area (Å²) in [5.74, 6) is 0.448. The summed E-state index contributed by atoms with van der Waals surface area (Å²) in [4.78, 5) is 17.7. The molecule has 0 atom stereocenters. The number of rotatable bonds is 5. The van der Waals surface area contributed by atoms with Crippen LogP contribution in [0.4, 0.5) is 0 Å². The van der Waals surface area contributed by atoms with Gasteiger partial charge in [-0.2, -0.15) is 0 Å². The molecule has 7 heteroatoms. The van der Waals surface area contributed by atoms with Crippen LogP contribution in [-0.2, 0) is 6.54 Å². The molecule has 1 aromatic rings. The minimum Gasteiger partial charge on any atom is -0.481 e. The first kappa shape index (κ1) is 12.6. The highest BCUT2D eigenvalue weighted by Crippen LogP contribution is 2.14. The van der Waals surface area contributed by atoms with E-state index in [1.54, 1.807) is 18.3 Å². The highest BCUT2D eigenvalue weighted by Gasteiger charge is 2.05. The smallest absolute Gasteiger partial charge is 0.302 e. The van der Waals surface area contributed by atoms with Crippen LogP contribution in [0.2, 0.25) is 0 Å². The third-order valence-electron chi connectivity index (χ3n) is 1.91. The Balaban J connectivity index is 2.73. The van der Waals surface area contributed by atoms with Crippen molar-refractivity contribution < 1.29 is 9.66 Å². The summed E-state index contributed by atoms with van der Waals surface area (Å²) in [6, 6.07) is 3.52. The molecule has 0 radical (unpaired) electrons. The first-order chi connectivity index (χ1) is 8.19. The lowest BCUT2D eigenvalue weighted by molar-refractivity contribution is -0.414. The predicted molar refractivity (Wildman–Crippen MR) is 62.2 cm³/mol. The summed E-state index contributed by atoms with van der Waals surface area (Å²) in [6.07, 6.45) is 3.59. The van der Waals surface area contributed by atoms with E-state index in [0.29, 0.717) is 5.88 Å². The largest absolute Gasteiger partial charge is 0.481 e. The molecule has 1 aromatic heterocycles. The van der Waals surface area contributed by atoms with Crippen LogP contribution < -0.4 is 10.5 Å². The van der Waals surface area contributed by atoms with E-state index in [4.69, 9.17) is 10.5 Å². The topological polar surface area (TPSA) is 104 Å². The van der Waals surface area contributed by atoms with Gasteiger partial charge < -0.3 is 10.5 Å². The molecular formula is C10H12N4O3. The summed E-state index contributed by atoms with van der Waals surface area (Å²) in [6.45, 7) is 0.238. The van der Waals surface area contributed by atoms with Gasteiger partial charge >= 0.3 is 5.70 Å². The number of aliphatic imine (C=N–C) groups is 1. The van der Waals surface area contributed by atoms with Crippen LogP contribution in [0.15, 0.2) is 35.2 Å². The highest BCUT2D eigenvalue weighted by molar-refractivity contribution is 5.75. The molecule has 2 N–H and O–H groups in total. The second-order valence-electron chi connectivity index (χ2n) is 2.99. The van der Waals surface area contributed by atoms with E-state index in [9.17, 15) is 10.1 Å². The van der Waals surface area contributed by atoms with Crippen LogP contribution in [-0.4, -0.2) is 23.2 Å². The molecule has 0 unspecified atom stereocenters. The number of pyridine rings is 1. The third-order valence-corrected chi connectivity index (χ3v) is 1.91. The van der Waals surface area contributed by atoms with Gasteiger partial charge in [-0.15, -0.1) is 0 Å². The van der Waals surface area contributed by atoms with Gasteiger partial charge in [-0.05, 0) is 6.07 Å². The molecule has 90 valence electrons. The second-order valence-corrected chi connectivity index (χ2v) is 2.99. The van der Waals surface area contributed by atoms with E-state index in [2.05, 4.69) is 9.98 Å². The lowest BCUT2D eigenvalue weighted by Crippen LogP contribution is -2.03. The van der Waals surface area contributed by atoms with Crippen molar-refractivity contribution >= 4 is 6.21 Å². The predicted octanol–water partition coefficient (Wildman–Crippen LogP) is 0.738. The summed E-state index contributed by atoms with van der Waals surface area (Å²) >= 11 is 0. The van der Waals surface area contributed by atoms with Crippen molar-refractivity contribution in [2.24, 2.45) is 10.7 Å². The lowest BCUT2D eigenvalue weighted by Gasteiger charge is -2.02. The van der Waals surface area contributed by atoms with Crippen LogP contribution in [0.5, 0.6) is 5.88 Å². The fourth-order valence-corrected chi connectivity index (χ4v) is 1.12. The standard InChI is InChI=1S/C10H12N4O3/c1-17-10-8(3-2-4-13-10)6-12-7-9(5-11)14(15)16/h2-5,7H,6,11H2,1H3/b9-5+,12-7?. The molecule has 0 fully saturated rings. The zero-order chi connectivity index (χ0) is 12.7. The van der Waals surface area contributed by atoms with Crippen LogP contribution in [0.1, 0.15) is 5.56 Å². The Morgan fingerprint density at radius 3 is 3.12 bits per heavy atom. The maximum Gasteiger partial charge on any atom is 0.302 e. The number of aromatic nitrogens is 1. The third kappa shape index (κ3) is 3.56.